The smallest absolute Gasteiger partial charge is 0.418 e. The Balaban J connectivity index is 0. The molecule has 0 aromatic carbocycles. The van der Waals surface area contributed by atoms with E-state index >= 15 is 0 Å². The molecule has 0 spiro atoms. The van der Waals surface area contributed by atoms with E-state index in [1.807, 2.05) is 13.8 Å². The summed E-state index contributed by atoms with van der Waals surface area (Å²) in [5.74, 6) is 0. The van der Waals surface area contributed by atoms with E-state index in [2.05, 4.69) is 6.92 Å². The first-order chi connectivity index (χ1) is 4.56. The minimum atomic E-state index is -6.00. The van der Waals surface area contributed by atoms with Crippen LogP contribution in [0, 0.1) is 0 Å². The van der Waals surface area contributed by atoms with Crippen LogP contribution in [0.25, 0.3) is 0 Å². The summed E-state index contributed by atoms with van der Waals surface area (Å²) in [5.41, 5.74) is 5.58. The van der Waals surface area contributed by atoms with Crippen molar-refractivity contribution in [1.29, 1.82) is 0 Å². The van der Waals surface area contributed by atoms with Gasteiger partial charge in [-0.3, -0.25) is 0 Å². The van der Waals surface area contributed by atoms with Crippen molar-refractivity contribution in [3.8, 4) is 0 Å². The lowest BCUT2D eigenvalue weighted by molar-refractivity contribution is 0.368. The Morgan fingerprint density at radius 2 is 1.27 bits per heavy atom. The van der Waals surface area contributed by atoms with Crippen LogP contribution in [0.3, 0.4) is 0 Å². The molecule has 0 aliphatic rings. The molecule has 0 aromatic rings. The Morgan fingerprint density at radius 1 is 1.18 bits per heavy atom. The van der Waals surface area contributed by atoms with Gasteiger partial charge in [-0.2, -0.15) is 0 Å². The number of hydrogen-bond donors (Lipinski definition) is 1. The van der Waals surface area contributed by atoms with Crippen LogP contribution in [0.1, 0.15) is 27.2 Å². The molecule has 0 bridgehead atoms. The fourth-order valence-electron chi connectivity index (χ4n) is 0. The normalized spacial score (nSPS) is 12.0. The second-order valence-electron chi connectivity index (χ2n) is 2.84. The van der Waals surface area contributed by atoms with Crippen LogP contribution in [-0.4, -0.2) is 12.8 Å². The molecule has 0 unspecified atom stereocenters. The lowest BCUT2D eigenvalue weighted by Gasteiger charge is -2.13. The van der Waals surface area contributed by atoms with Crippen molar-refractivity contribution in [3.05, 3.63) is 0 Å². The average Bonchev–Trinajstić information content (AvgIpc) is 1.59. The van der Waals surface area contributed by atoms with Gasteiger partial charge in [0.25, 0.3) is 0 Å². The van der Waals surface area contributed by atoms with Gasteiger partial charge in [-0.15, -0.1) is 0 Å². The molecule has 11 heavy (non-hydrogen) atoms. The zero-order valence-corrected chi connectivity index (χ0v) is 6.87. The second kappa shape index (κ2) is 4.59. The van der Waals surface area contributed by atoms with E-state index in [1.54, 1.807) is 0 Å². The highest BCUT2D eigenvalue weighted by Crippen LogP contribution is 2.06. The molecule has 0 rings (SSSR count). The summed E-state index contributed by atoms with van der Waals surface area (Å²) in [6.45, 7) is 6.12. The molecule has 0 aliphatic heterocycles. The molecule has 0 saturated carbocycles. The first-order valence-electron chi connectivity index (χ1n) is 3.22. The van der Waals surface area contributed by atoms with Crippen LogP contribution in [0.2, 0.25) is 0 Å². The van der Waals surface area contributed by atoms with Crippen LogP contribution in [0.15, 0.2) is 0 Å². The first-order valence-corrected chi connectivity index (χ1v) is 3.22. The van der Waals surface area contributed by atoms with Crippen molar-refractivity contribution in [2.45, 2.75) is 32.7 Å². The molecule has 0 aliphatic carbocycles. The predicted octanol–water partition coefficient (Wildman–Crippen LogP) is 2.43. The van der Waals surface area contributed by atoms with Crippen LogP contribution < -0.4 is 5.73 Å². The van der Waals surface area contributed by atoms with Gasteiger partial charge in [0.2, 0.25) is 0 Å². The van der Waals surface area contributed by atoms with Crippen molar-refractivity contribution in [2.75, 3.05) is 0 Å². The van der Waals surface area contributed by atoms with Gasteiger partial charge in [-0.1, -0.05) is 6.92 Å². The summed E-state index contributed by atoms with van der Waals surface area (Å²) in [6, 6.07) is 0. The maximum absolute atomic E-state index is 9.75. The molecule has 1 nitrogen and oxygen atoms in total. The SMILES string of the molecule is CCC(C)(C)N.F[B-](F)(F)F. The Morgan fingerprint density at radius 3 is 1.27 bits per heavy atom. The van der Waals surface area contributed by atoms with E-state index in [0.717, 1.165) is 6.42 Å². The largest absolute Gasteiger partial charge is 0.673 e. The highest BCUT2D eigenvalue weighted by Gasteiger charge is 2.20. The van der Waals surface area contributed by atoms with Gasteiger partial charge in [-0.25, -0.2) is 0 Å². The van der Waals surface area contributed by atoms with Gasteiger partial charge in [0.15, 0.2) is 0 Å². The summed E-state index contributed by atoms with van der Waals surface area (Å²) in [6.07, 6.45) is 1.05. The summed E-state index contributed by atoms with van der Waals surface area (Å²) in [7, 11) is -6.00. The second-order valence-corrected chi connectivity index (χ2v) is 2.84. The predicted molar refractivity (Wildman–Crippen MR) is 38.7 cm³/mol. The van der Waals surface area contributed by atoms with E-state index in [9.17, 15) is 17.3 Å². The van der Waals surface area contributed by atoms with Gasteiger partial charge < -0.3 is 23.0 Å². The van der Waals surface area contributed by atoms with Crippen LogP contribution in [0.4, 0.5) is 17.3 Å². The molecule has 0 fully saturated rings. The molecule has 70 valence electrons. The topological polar surface area (TPSA) is 26.0 Å². The molecule has 0 heterocycles. The van der Waals surface area contributed by atoms with Crippen LogP contribution >= 0.6 is 0 Å². The molecule has 0 saturated heterocycles. The number of halogens is 4. The van der Waals surface area contributed by atoms with Crippen LogP contribution in [-0.2, 0) is 0 Å². The Labute approximate surface area is 64.1 Å². The molecular formula is C5H13BF4N-. The summed E-state index contributed by atoms with van der Waals surface area (Å²) >= 11 is 0. The van der Waals surface area contributed by atoms with Crippen molar-refractivity contribution in [2.24, 2.45) is 5.73 Å². The van der Waals surface area contributed by atoms with Crippen molar-refractivity contribution < 1.29 is 17.3 Å². The highest BCUT2D eigenvalue weighted by atomic mass is 19.5. The van der Waals surface area contributed by atoms with E-state index in [1.165, 1.54) is 0 Å². The number of nitrogens with two attached hydrogens (primary N) is 1. The highest BCUT2D eigenvalue weighted by molar-refractivity contribution is 6.50. The third kappa shape index (κ3) is 77.6. The third-order valence-corrected chi connectivity index (χ3v) is 0.911. The zero-order valence-electron chi connectivity index (χ0n) is 6.87. The van der Waals surface area contributed by atoms with Gasteiger partial charge in [-0.05, 0) is 20.3 Å². The Kier molecular flexibility index (Phi) is 5.57. The average molecular weight is 174 g/mol. The maximum Gasteiger partial charge on any atom is 0.673 e. The zero-order chi connectivity index (χ0) is 9.71. The monoisotopic (exact) mass is 174 g/mol. The van der Waals surface area contributed by atoms with Crippen LogP contribution in [0.5, 0.6) is 0 Å². The molecule has 6 heteroatoms. The van der Waals surface area contributed by atoms with Crippen molar-refractivity contribution in [3.63, 3.8) is 0 Å². The van der Waals surface area contributed by atoms with Gasteiger partial charge in [0, 0.05) is 5.54 Å². The van der Waals surface area contributed by atoms with Crippen molar-refractivity contribution >= 4 is 7.25 Å². The van der Waals surface area contributed by atoms with Gasteiger partial charge in [0.05, 0.1) is 0 Å². The third-order valence-electron chi connectivity index (χ3n) is 0.911. The summed E-state index contributed by atoms with van der Waals surface area (Å²) < 4.78 is 39.0. The summed E-state index contributed by atoms with van der Waals surface area (Å²) in [4.78, 5) is 0. The molecular weight excluding hydrogens is 161 g/mol. The van der Waals surface area contributed by atoms with Gasteiger partial charge in [0.1, 0.15) is 0 Å². The fraction of sp³-hybridized carbons (Fsp3) is 1.00. The molecule has 0 amide bonds. The minimum Gasteiger partial charge on any atom is -0.418 e. The number of rotatable bonds is 1. The molecule has 2 N–H and O–H groups in total. The lowest BCUT2D eigenvalue weighted by Crippen LogP contribution is -2.30. The molecule has 0 aromatic heterocycles. The van der Waals surface area contributed by atoms with Crippen molar-refractivity contribution in [1.82, 2.24) is 0 Å². The first kappa shape index (κ1) is 13.3. The van der Waals surface area contributed by atoms with E-state index < -0.39 is 7.25 Å². The fourth-order valence-corrected chi connectivity index (χ4v) is 0. The minimum absolute atomic E-state index is 0.0417. The molecule has 0 atom stereocenters. The van der Waals surface area contributed by atoms with E-state index in [-0.39, 0.29) is 5.54 Å². The van der Waals surface area contributed by atoms with E-state index in [0.29, 0.717) is 0 Å². The molecule has 0 radical (unpaired) electrons. The lowest BCUT2D eigenvalue weighted by atomic mass is 10.1. The number of hydrogen-bond acceptors (Lipinski definition) is 1. The quantitative estimate of drug-likeness (QED) is 0.479. The van der Waals surface area contributed by atoms with E-state index in [4.69, 9.17) is 5.73 Å². The van der Waals surface area contributed by atoms with Gasteiger partial charge >= 0.3 is 7.25 Å². The standard InChI is InChI=1S/C5H13N.BF4/c1-4-5(2,3)6;2-1(3,4)5/h4,6H2,1-3H3;/q;-1. The maximum atomic E-state index is 9.75. The Bertz CT molecular complexity index is 89.6. The summed E-state index contributed by atoms with van der Waals surface area (Å²) in [5, 5.41) is 0. The Hall–Kier alpha value is -0.255.